The van der Waals surface area contributed by atoms with Crippen LogP contribution in [0.25, 0.3) is 11.1 Å². The SMILES string of the molecule is CCC(=O)N1CCC(C(=O)Nc2ccc(-c3cccc(C)c3)cc2)CC1. The normalized spacial score (nSPS) is 14.9. The van der Waals surface area contributed by atoms with E-state index in [2.05, 4.69) is 36.5 Å². The number of hydrogen-bond donors (Lipinski definition) is 1. The standard InChI is InChI=1S/C22H26N2O2/c1-3-21(25)24-13-11-18(12-14-24)22(26)23-20-9-7-17(8-10-20)19-6-4-5-16(2)15-19/h4-10,15,18H,3,11-14H2,1-2H3,(H,23,26). The number of rotatable bonds is 4. The van der Waals surface area contributed by atoms with Crippen LogP contribution in [0.15, 0.2) is 48.5 Å². The lowest BCUT2D eigenvalue weighted by atomic mass is 9.95. The Balaban J connectivity index is 1.58. The first-order valence-corrected chi connectivity index (χ1v) is 9.32. The van der Waals surface area contributed by atoms with Gasteiger partial charge < -0.3 is 10.2 Å². The van der Waals surface area contributed by atoms with Crippen molar-refractivity contribution in [2.45, 2.75) is 33.1 Å². The first-order valence-electron chi connectivity index (χ1n) is 9.32. The summed E-state index contributed by atoms with van der Waals surface area (Å²) < 4.78 is 0. The predicted molar refractivity (Wildman–Crippen MR) is 105 cm³/mol. The number of hydrogen-bond acceptors (Lipinski definition) is 2. The number of nitrogens with one attached hydrogen (secondary N) is 1. The van der Waals surface area contributed by atoms with Crippen molar-refractivity contribution in [2.75, 3.05) is 18.4 Å². The molecule has 4 heteroatoms. The highest BCUT2D eigenvalue weighted by molar-refractivity contribution is 5.93. The van der Waals surface area contributed by atoms with E-state index in [4.69, 9.17) is 0 Å². The first-order chi connectivity index (χ1) is 12.6. The van der Waals surface area contributed by atoms with Gasteiger partial charge in [-0.25, -0.2) is 0 Å². The Bertz CT molecular complexity index is 775. The highest BCUT2D eigenvalue weighted by Crippen LogP contribution is 2.24. The van der Waals surface area contributed by atoms with Gasteiger partial charge in [0, 0.05) is 31.1 Å². The maximum Gasteiger partial charge on any atom is 0.227 e. The van der Waals surface area contributed by atoms with Crippen molar-refractivity contribution in [3.8, 4) is 11.1 Å². The van der Waals surface area contributed by atoms with E-state index in [-0.39, 0.29) is 17.7 Å². The molecule has 3 rings (SSSR count). The molecule has 0 aliphatic carbocycles. The minimum absolute atomic E-state index is 0.0210. The number of benzene rings is 2. The largest absolute Gasteiger partial charge is 0.343 e. The third-order valence-electron chi connectivity index (χ3n) is 5.02. The van der Waals surface area contributed by atoms with Gasteiger partial charge in [0.05, 0.1) is 0 Å². The van der Waals surface area contributed by atoms with Gasteiger partial charge in [-0.1, -0.05) is 48.9 Å². The van der Waals surface area contributed by atoms with Gasteiger partial charge in [0.15, 0.2) is 0 Å². The van der Waals surface area contributed by atoms with Crippen LogP contribution >= 0.6 is 0 Å². The zero-order valence-electron chi connectivity index (χ0n) is 15.5. The summed E-state index contributed by atoms with van der Waals surface area (Å²) >= 11 is 0. The van der Waals surface area contributed by atoms with Crippen LogP contribution in [-0.2, 0) is 9.59 Å². The van der Waals surface area contributed by atoms with Crippen LogP contribution in [-0.4, -0.2) is 29.8 Å². The number of carbonyl (C=O) groups excluding carboxylic acids is 2. The second kappa shape index (κ2) is 8.17. The van der Waals surface area contributed by atoms with Gasteiger partial charge in [0.2, 0.25) is 11.8 Å². The summed E-state index contributed by atoms with van der Waals surface area (Å²) in [6, 6.07) is 16.3. The molecule has 0 radical (unpaired) electrons. The van der Waals surface area contributed by atoms with Gasteiger partial charge in [0.25, 0.3) is 0 Å². The molecular weight excluding hydrogens is 324 g/mol. The molecule has 2 aromatic rings. The Hall–Kier alpha value is -2.62. The third-order valence-corrected chi connectivity index (χ3v) is 5.02. The Labute approximate surface area is 155 Å². The van der Waals surface area contributed by atoms with E-state index < -0.39 is 0 Å². The molecule has 2 amide bonds. The minimum Gasteiger partial charge on any atom is -0.343 e. The lowest BCUT2D eigenvalue weighted by Crippen LogP contribution is -2.41. The van der Waals surface area contributed by atoms with Gasteiger partial charge in [-0.15, -0.1) is 0 Å². The monoisotopic (exact) mass is 350 g/mol. The summed E-state index contributed by atoms with van der Waals surface area (Å²) in [6.07, 6.45) is 2.00. The van der Waals surface area contributed by atoms with Crippen LogP contribution in [0.3, 0.4) is 0 Å². The van der Waals surface area contributed by atoms with Gasteiger partial charge in [-0.2, -0.15) is 0 Å². The fourth-order valence-corrected chi connectivity index (χ4v) is 3.43. The number of nitrogens with zero attached hydrogens (tertiary/aromatic N) is 1. The molecule has 1 N–H and O–H groups in total. The molecule has 2 aromatic carbocycles. The van der Waals surface area contributed by atoms with E-state index in [9.17, 15) is 9.59 Å². The Morgan fingerprint density at radius 3 is 2.35 bits per heavy atom. The topological polar surface area (TPSA) is 49.4 Å². The van der Waals surface area contributed by atoms with E-state index in [1.807, 2.05) is 36.1 Å². The predicted octanol–water partition coefficient (Wildman–Crippen LogP) is 4.25. The minimum atomic E-state index is -0.0210. The van der Waals surface area contributed by atoms with Crippen molar-refractivity contribution in [1.82, 2.24) is 4.90 Å². The molecule has 1 fully saturated rings. The van der Waals surface area contributed by atoms with E-state index in [0.29, 0.717) is 19.5 Å². The van der Waals surface area contributed by atoms with Gasteiger partial charge in [0.1, 0.15) is 0 Å². The lowest BCUT2D eigenvalue weighted by Gasteiger charge is -2.31. The Morgan fingerprint density at radius 1 is 1.04 bits per heavy atom. The maximum atomic E-state index is 12.5. The van der Waals surface area contributed by atoms with Gasteiger partial charge in [-0.05, 0) is 43.0 Å². The number of aryl methyl sites for hydroxylation is 1. The zero-order valence-corrected chi connectivity index (χ0v) is 15.5. The van der Waals surface area contributed by atoms with Crippen LogP contribution in [0.4, 0.5) is 5.69 Å². The molecule has 0 aromatic heterocycles. The molecule has 1 saturated heterocycles. The second-order valence-corrected chi connectivity index (χ2v) is 6.94. The van der Waals surface area contributed by atoms with E-state index in [0.717, 1.165) is 24.1 Å². The molecule has 1 heterocycles. The lowest BCUT2D eigenvalue weighted by molar-refractivity contribution is -0.134. The van der Waals surface area contributed by atoms with E-state index in [1.54, 1.807) is 0 Å². The third kappa shape index (κ3) is 4.31. The highest BCUT2D eigenvalue weighted by Gasteiger charge is 2.26. The molecule has 0 unspecified atom stereocenters. The molecule has 136 valence electrons. The highest BCUT2D eigenvalue weighted by atomic mass is 16.2. The number of likely N-dealkylation sites (tertiary alicyclic amines) is 1. The molecule has 0 bridgehead atoms. The van der Waals surface area contributed by atoms with Crippen molar-refractivity contribution in [3.63, 3.8) is 0 Å². The number of anilines is 1. The Kier molecular flexibility index (Phi) is 5.71. The van der Waals surface area contributed by atoms with Crippen LogP contribution in [0, 0.1) is 12.8 Å². The van der Waals surface area contributed by atoms with Crippen LogP contribution in [0.2, 0.25) is 0 Å². The summed E-state index contributed by atoms with van der Waals surface area (Å²) in [5.41, 5.74) is 4.36. The fraction of sp³-hybridized carbons (Fsp3) is 0.364. The maximum absolute atomic E-state index is 12.5. The van der Waals surface area contributed by atoms with E-state index in [1.165, 1.54) is 11.1 Å². The van der Waals surface area contributed by atoms with Crippen LogP contribution in [0.5, 0.6) is 0 Å². The first kappa shape index (κ1) is 18.2. The summed E-state index contributed by atoms with van der Waals surface area (Å²) in [5.74, 6) is 0.208. The van der Waals surface area contributed by atoms with Crippen molar-refractivity contribution in [3.05, 3.63) is 54.1 Å². The van der Waals surface area contributed by atoms with Crippen LogP contribution < -0.4 is 5.32 Å². The quantitative estimate of drug-likeness (QED) is 0.896. The molecule has 26 heavy (non-hydrogen) atoms. The molecule has 1 aliphatic heterocycles. The van der Waals surface area contributed by atoms with Crippen molar-refractivity contribution in [2.24, 2.45) is 5.92 Å². The molecule has 0 atom stereocenters. The summed E-state index contributed by atoms with van der Waals surface area (Å²) in [7, 11) is 0. The smallest absolute Gasteiger partial charge is 0.227 e. The number of piperidine rings is 1. The molecular formula is C22H26N2O2. The summed E-state index contributed by atoms with van der Waals surface area (Å²) in [5, 5.41) is 3.02. The molecule has 4 nitrogen and oxygen atoms in total. The molecule has 0 saturated carbocycles. The Morgan fingerprint density at radius 2 is 1.73 bits per heavy atom. The second-order valence-electron chi connectivity index (χ2n) is 6.94. The van der Waals surface area contributed by atoms with Crippen molar-refractivity contribution < 1.29 is 9.59 Å². The van der Waals surface area contributed by atoms with Gasteiger partial charge >= 0.3 is 0 Å². The van der Waals surface area contributed by atoms with Gasteiger partial charge in [-0.3, -0.25) is 9.59 Å². The van der Waals surface area contributed by atoms with Crippen LogP contribution in [0.1, 0.15) is 31.7 Å². The summed E-state index contributed by atoms with van der Waals surface area (Å²) in [4.78, 5) is 26.1. The number of amides is 2. The molecule has 1 aliphatic rings. The average Bonchev–Trinajstić information content (AvgIpc) is 2.68. The molecule has 0 spiro atoms. The van der Waals surface area contributed by atoms with E-state index >= 15 is 0 Å². The van der Waals surface area contributed by atoms with Crippen molar-refractivity contribution >= 4 is 17.5 Å². The zero-order chi connectivity index (χ0) is 18.5. The van der Waals surface area contributed by atoms with Crippen molar-refractivity contribution in [1.29, 1.82) is 0 Å². The average molecular weight is 350 g/mol. The summed E-state index contributed by atoms with van der Waals surface area (Å²) in [6.45, 7) is 5.31. The fourth-order valence-electron chi connectivity index (χ4n) is 3.43. The number of carbonyl (C=O) groups is 2.